The van der Waals surface area contributed by atoms with Gasteiger partial charge in [-0.15, -0.1) is 0 Å². The van der Waals surface area contributed by atoms with Gasteiger partial charge >= 0.3 is 0 Å². The lowest BCUT2D eigenvalue weighted by atomic mass is 10.2. The number of aromatic nitrogens is 3. The molecule has 124 valence electrons. The third kappa shape index (κ3) is 3.05. The number of nitrogens with zero attached hydrogens (tertiary/aromatic N) is 2. The first-order valence-corrected chi connectivity index (χ1v) is 8.27. The molecule has 0 aliphatic carbocycles. The van der Waals surface area contributed by atoms with E-state index >= 15 is 0 Å². The topological polar surface area (TPSA) is 71.9 Å². The van der Waals surface area contributed by atoms with Crippen molar-refractivity contribution in [1.29, 1.82) is 0 Å². The fourth-order valence-electron chi connectivity index (χ4n) is 3.14. The van der Waals surface area contributed by atoms with Crippen LogP contribution in [0.4, 0.5) is 0 Å². The lowest BCUT2D eigenvalue weighted by Gasteiger charge is -2.12. The molecular formula is C18H20N4O2. The minimum atomic E-state index is -0.00261. The minimum absolute atomic E-state index is 0.00261. The molecule has 0 spiro atoms. The largest absolute Gasteiger partial charge is 0.376 e. The van der Waals surface area contributed by atoms with Crippen LogP contribution in [0.3, 0.4) is 0 Å². The van der Waals surface area contributed by atoms with Gasteiger partial charge in [-0.3, -0.25) is 4.79 Å². The SMILES string of the molecule is O=C(Cn1cccc1-c1cc2cccnc2[nH]1)NCC1CCCO1. The van der Waals surface area contributed by atoms with E-state index in [1.165, 1.54) is 0 Å². The average Bonchev–Trinajstić information content (AvgIpc) is 3.32. The Morgan fingerprint density at radius 3 is 3.21 bits per heavy atom. The monoisotopic (exact) mass is 324 g/mol. The molecule has 1 atom stereocenters. The maximum absolute atomic E-state index is 12.2. The molecule has 4 rings (SSSR count). The second-order valence-corrected chi connectivity index (χ2v) is 6.08. The molecule has 3 aromatic heterocycles. The average molecular weight is 324 g/mol. The van der Waals surface area contributed by atoms with Crippen LogP contribution in [0.5, 0.6) is 0 Å². The number of carbonyl (C=O) groups excluding carboxylic acids is 1. The Bertz CT molecular complexity index is 812. The first-order chi connectivity index (χ1) is 11.8. The molecule has 3 aromatic rings. The number of rotatable bonds is 5. The summed E-state index contributed by atoms with van der Waals surface area (Å²) in [5, 5.41) is 4.02. The van der Waals surface area contributed by atoms with Gasteiger partial charge in [0.25, 0.3) is 0 Å². The van der Waals surface area contributed by atoms with Crippen molar-refractivity contribution in [1.82, 2.24) is 19.9 Å². The number of aromatic amines is 1. The Morgan fingerprint density at radius 1 is 1.42 bits per heavy atom. The van der Waals surface area contributed by atoms with Gasteiger partial charge in [0.2, 0.25) is 5.91 Å². The van der Waals surface area contributed by atoms with Gasteiger partial charge in [-0.05, 0) is 43.2 Å². The molecule has 6 heteroatoms. The summed E-state index contributed by atoms with van der Waals surface area (Å²) in [6.07, 6.45) is 5.95. The zero-order valence-corrected chi connectivity index (χ0v) is 13.4. The van der Waals surface area contributed by atoms with Crippen LogP contribution in [-0.2, 0) is 16.1 Å². The molecule has 24 heavy (non-hydrogen) atoms. The number of carbonyl (C=O) groups is 1. The third-order valence-corrected chi connectivity index (χ3v) is 4.36. The summed E-state index contributed by atoms with van der Waals surface area (Å²) in [7, 11) is 0. The molecule has 0 aromatic carbocycles. The number of fused-ring (bicyclic) bond motifs is 1. The zero-order chi connectivity index (χ0) is 16.4. The van der Waals surface area contributed by atoms with Crippen molar-refractivity contribution in [2.24, 2.45) is 0 Å². The number of hydrogen-bond donors (Lipinski definition) is 2. The number of ether oxygens (including phenoxy) is 1. The van der Waals surface area contributed by atoms with Gasteiger partial charge < -0.3 is 19.6 Å². The number of nitrogens with one attached hydrogen (secondary N) is 2. The Balaban J connectivity index is 1.46. The second kappa shape index (κ2) is 6.49. The summed E-state index contributed by atoms with van der Waals surface area (Å²) in [4.78, 5) is 19.8. The summed E-state index contributed by atoms with van der Waals surface area (Å²) in [5.41, 5.74) is 2.78. The molecule has 0 saturated carbocycles. The maximum Gasteiger partial charge on any atom is 0.240 e. The van der Waals surface area contributed by atoms with Crippen molar-refractivity contribution in [3.05, 3.63) is 42.7 Å². The molecule has 6 nitrogen and oxygen atoms in total. The summed E-state index contributed by atoms with van der Waals surface area (Å²) in [6.45, 7) is 1.68. The predicted molar refractivity (Wildman–Crippen MR) is 91.5 cm³/mol. The van der Waals surface area contributed by atoms with Gasteiger partial charge in [0.05, 0.1) is 17.5 Å². The van der Waals surface area contributed by atoms with Crippen LogP contribution >= 0.6 is 0 Å². The molecular weight excluding hydrogens is 304 g/mol. The zero-order valence-electron chi connectivity index (χ0n) is 13.4. The molecule has 1 amide bonds. The van der Waals surface area contributed by atoms with Crippen molar-refractivity contribution in [2.45, 2.75) is 25.5 Å². The lowest BCUT2D eigenvalue weighted by molar-refractivity contribution is -0.122. The summed E-state index contributed by atoms with van der Waals surface area (Å²) in [5.74, 6) is -0.00261. The van der Waals surface area contributed by atoms with Crippen LogP contribution in [0.25, 0.3) is 22.4 Å². The molecule has 4 heterocycles. The Kier molecular flexibility index (Phi) is 4.04. The van der Waals surface area contributed by atoms with Crippen LogP contribution in [-0.4, -0.2) is 39.7 Å². The highest BCUT2D eigenvalue weighted by molar-refractivity contribution is 5.83. The first-order valence-electron chi connectivity index (χ1n) is 8.27. The van der Waals surface area contributed by atoms with E-state index in [1.807, 2.05) is 35.0 Å². The van der Waals surface area contributed by atoms with E-state index in [4.69, 9.17) is 4.74 Å². The Hall–Kier alpha value is -2.60. The van der Waals surface area contributed by atoms with Crippen LogP contribution in [0.1, 0.15) is 12.8 Å². The first kappa shape index (κ1) is 15.0. The van der Waals surface area contributed by atoms with Crippen molar-refractivity contribution >= 4 is 16.9 Å². The summed E-state index contributed by atoms with van der Waals surface area (Å²) < 4.78 is 7.47. The number of H-pyrrole nitrogens is 1. The van der Waals surface area contributed by atoms with Crippen molar-refractivity contribution in [2.75, 3.05) is 13.2 Å². The van der Waals surface area contributed by atoms with Crippen molar-refractivity contribution < 1.29 is 9.53 Å². The fraction of sp³-hybridized carbons (Fsp3) is 0.333. The molecule has 1 aliphatic rings. The van der Waals surface area contributed by atoms with E-state index in [0.29, 0.717) is 6.54 Å². The van der Waals surface area contributed by atoms with E-state index in [9.17, 15) is 4.79 Å². The highest BCUT2D eigenvalue weighted by atomic mass is 16.5. The van der Waals surface area contributed by atoms with E-state index in [0.717, 1.165) is 41.9 Å². The van der Waals surface area contributed by atoms with Gasteiger partial charge in [0.15, 0.2) is 0 Å². The number of amides is 1. The van der Waals surface area contributed by atoms with Gasteiger partial charge in [-0.2, -0.15) is 0 Å². The van der Waals surface area contributed by atoms with Crippen molar-refractivity contribution in [3.8, 4) is 11.4 Å². The number of pyridine rings is 1. The van der Waals surface area contributed by atoms with Gasteiger partial charge in [0.1, 0.15) is 12.2 Å². The van der Waals surface area contributed by atoms with Crippen molar-refractivity contribution in [3.63, 3.8) is 0 Å². The van der Waals surface area contributed by atoms with E-state index in [-0.39, 0.29) is 18.6 Å². The molecule has 2 N–H and O–H groups in total. The second-order valence-electron chi connectivity index (χ2n) is 6.08. The van der Waals surface area contributed by atoms with Crippen LogP contribution < -0.4 is 5.32 Å². The normalized spacial score (nSPS) is 17.4. The number of hydrogen-bond acceptors (Lipinski definition) is 3. The molecule has 1 unspecified atom stereocenters. The Morgan fingerprint density at radius 2 is 2.38 bits per heavy atom. The van der Waals surface area contributed by atoms with Gasteiger partial charge in [-0.25, -0.2) is 4.98 Å². The van der Waals surface area contributed by atoms with E-state index in [1.54, 1.807) is 6.20 Å². The molecule has 1 aliphatic heterocycles. The van der Waals surface area contributed by atoms with Gasteiger partial charge in [0, 0.05) is 30.9 Å². The molecule has 0 radical (unpaired) electrons. The summed E-state index contributed by atoms with van der Waals surface area (Å²) >= 11 is 0. The lowest BCUT2D eigenvalue weighted by Crippen LogP contribution is -2.34. The highest BCUT2D eigenvalue weighted by Crippen LogP contribution is 2.23. The molecule has 0 bridgehead atoms. The van der Waals surface area contributed by atoms with E-state index in [2.05, 4.69) is 21.4 Å². The molecule has 1 fully saturated rings. The quantitative estimate of drug-likeness (QED) is 0.756. The molecule has 1 saturated heterocycles. The Labute approximate surface area is 139 Å². The minimum Gasteiger partial charge on any atom is -0.376 e. The van der Waals surface area contributed by atoms with Crippen LogP contribution in [0.2, 0.25) is 0 Å². The predicted octanol–water partition coefficient (Wildman–Crippen LogP) is 2.33. The summed E-state index contributed by atoms with van der Waals surface area (Å²) in [6, 6.07) is 9.93. The smallest absolute Gasteiger partial charge is 0.240 e. The fourth-order valence-corrected chi connectivity index (χ4v) is 3.14. The highest BCUT2D eigenvalue weighted by Gasteiger charge is 2.17. The van der Waals surface area contributed by atoms with Crippen LogP contribution in [0, 0.1) is 0 Å². The van der Waals surface area contributed by atoms with Crippen LogP contribution in [0.15, 0.2) is 42.7 Å². The van der Waals surface area contributed by atoms with E-state index < -0.39 is 0 Å². The third-order valence-electron chi connectivity index (χ3n) is 4.36. The maximum atomic E-state index is 12.2. The van der Waals surface area contributed by atoms with Gasteiger partial charge in [-0.1, -0.05) is 0 Å². The standard InChI is InChI=1S/C18H20N4O2/c23-17(20-11-14-5-3-9-24-14)12-22-8-2-6-16(22)15-10-13-4-1-7-19-18(13)21-15/h1-2,4,6-8,10,14H,3,5,9,11-12H2,(H,19,21)(H,20,23).